The number of ether oxygens (including phenoxy) is 1. The number of hydrogen-bond acceptors (Lipinski definition) is 4. The summed E-state index contributed by atoms with van der Waals surface area (Å²) in [5.74, 6) is -0.492. The van der Waals surface area contributed by atoms with Gasteiger partial charge in [0.15, 0.2) is 0 Å². The second-order valence-corrected chi connectivity index (χ2v) is 5.42. The van der Waals surface area contributed by atoms with Crippen molar-refractivity contribution in [2.75, 3.05) is 12.3 Å². The first kappa shape index (κ1) is 13.6. The number of hydrogen-bond donors (Lipinski definition) is 1. The maximum atomic E-state index is 11.9. The van der Waals surface area contributed by atoms with Gasteiger partial charge in [-0.2, -0.15) is 0 Å². The third-order valence-corrected chi connectivity index (χ3v) is 3.87. The van der Waals surface area contributed by atoms with Crippen LogP contribution in [-0.4, -0.2) is 12.6 Å². The van der Waals surface area contributed by atoms with Crippen LogP contribution in [0, 0.1) is 0 Å². The molecule has 3 nitrogen and oxygen atoms in total. The smallest absolute Gasteiger partial charge is 0.313 e. The van der Waals surface area contributed by atoms with E-state index in [-0.39, 0.29) is 11.9 Å². The Kier molecular flexibility index (Phi) is 4.58. The van der Waals surface area contributed by atoms with E-state index in [0.29, 0.717) is 12.3 Å². The maximum Gasteiger partial charge on any atom is 0.313 e. The van der Waals surface area contributed by atoms with Crippen molar-refractivity contribution in [2.45, 2.75) is 19.3 Å². The molecule has 2 aromatic rings. The Morgan fingerprint density at radius 2 is 2.21 bits per heavy atom. The Morgan fingerprint density at radius 1 is 1.37 bits per heavy atom. The van der Waals surface area contributed by atoms with E-state index in [4.69, 9.17) is 10.5 Å². The molecule has 100 valence electrons. The number of esters is 1. The fourth-order valence-electron chi connectivity index (χ4n) is 1.80. The predicted octanol–water partition coefficient (Wildman–Crippen LogP) is 3.22. The van der Waals surface area contributed by atoms with Crippen molar-refractivity contribution in [2.24, 2.45) is 0 Å². The summed E-state index contributed by atoms with van der Waals surface area (Å²) in [7, 11) is 0. The van der Waals surface area contributed by atoms with Crippen LogP contribution in [0.2, 0.25) is 0 Å². The molecule has 2 rings (SSSR count). The Hall–Kier alpha value is -1.81. The summed E-state index contributed by atoms with van der Waals surface area (Å²) in [5, 5.41) is 2.02. The molecule has 19 heavy (non-hydrogen) atoms. The highest BCUT2D eigenvalue weighted by Crippen LogP contribution is 2.19. The van der Waals surface area contributed by atoms with Gasteiger partial charge in [0, 0.05) is 17.0 Å². The van der Waals surface area contributed by atoms with Crippen molar-refractivity contribution in [1.29, 1.82) is 0 Å². The van der Waals surface area contributed by atoms with Crippen LogP contribution in [0.15, 0.2) is 41.8 Å². The van der Waals surface area contributed by atoms with Crippen molar-refractivity contribution in [3.05, 3.63) is 52.2 Å². The molecule has 1 atom stereocenters. The highest BCUT2D eigenvalue weighted by Gasteiger charge is 2.16. The van der Waals surface area contributed by atoms with E-state index in [1.165, 1.54) is 4.88 Å². The van der Waals surface area contributed by atoms with Crippen LogP contribution >= 0.6 is 11.3 Å². The summed E-state index contributed by atoms with van der Waals surface area (Å²) in [4.78, 5) is 13.1. The second kappa shape index (κ2) is 6.38. The minimum absolute atomic E-state index is 0.206. The van der Waals surface area contributed by atoms with Crippen LogP contribution in [0.25, 0.3) is 0 Å². The average molecular weight is 275 g/mol. The molecule has 0 aliphatic carbocycles. The zero-order valence-corrected chi connectivity index (χ0v) is 11.7. The summed E-state index contributed by atoms with van der Waals surface area (Å²) >= 11 is 1.67. The molecule has 0 saturated heterocycles. The van der Waals surface area contributed by atoms with Gasteiger partial charge in [-0.3, -0.25) is 4.79 Å². The van der Waals surface area contributed by atoms with Gasteiger partial charge in [0.2, 0.25) is 0 Å². The largest absolute Gasteiger partial charge is 0.465 e. The van der Waals surface area contributed by atoms with E-state index in [0.717, 1.165) is 12.0 Å². The van der Waals surface area contributed by atoms with Gasteiger partial charge >= 0.3 is 5.97 Å². The molecule has 1 aromatic carbocycles. The van der Waals surface area contributed by atoms with E-state index in [2.05, 4.69) is 0 Å². The van der Waals surface area contributed by atoms with Crippen LogP contribution in [0.5, 0.6) is 0 Å². The Labute approximate surface area is 117 Å². The molecule has 0 bridgehead atoms. The monoisotopic (exact) mass is 275 g/mol. The first-order valence-corrected chi connectivity index (χ1v) is 7.09. The lowest BCUT2D eigenvalue weighted by Crippen LogP contribution is -2.14. The normalized spacial score (nSPS) is 12.1. The number of thiophene rings is 1. The van der Waals surface area contributed by atoms with E-state index in [9.17, 15) is 4.79 Å². The molecule has 1 aromatic heterocycles. The van der Waals surface area contributed by atoms with Crippen LogP contribution in [-0.2, 0) is 16.0 Å². The molecule has 0 amide bonds. The zero-order chi connectivity index (χ0) is 13.7. The van der Waals surface area contributed by atoms with Gasteiger partial charge in [-0.05, 0) is 36.1 Å². The SMILES string of the molecule is CC(C(=O)OCCc1cccs1)c1cccc(N)c1. The Bertz CT molecular complexity index is 537. The highest BCUT2D eigenvalue weighted by atomic mass is 32.1. The van der Waals surface area contributed by atoms with Gasteiger partial charge in [-0.25, -0.2) is 0 Å². The van der Waals surface area contributed by atoms with Crippen molar-refractivity contribution in [3.63, 3.8) is 0 Å². The fourth-order valence-corrected chi connectivity index (χ4v) is 2.49. The molecule has 0 fully saturated rings. The number of carbonyl (C=O) groups is 1. The molecule has 0 aliphatic rings. The van der Waals surface area contributed by atoms with Crippen molar-refractivity contribution in [3.8, 4) is 0 Å². The van der Waals surface area contributed by atoms with Crippen molar-refractivity contribution in [1.82, 2.24) is 0 Å². The number of rotatable bonds is 5. The lowest BCUT2D eigenvalue weighted by atomic mass is 10.0. The van der Waals surface area contributed by atoms with Gasteiger partial charge in [0.1, 0.15) is 0 Å². The Balaban J connectivity index is 1.85. The van der Waals surface area contributed by atoms with Gasteiger partial charge in [-0.15, -0.1) is 11.3 Å². The molecule has 1 heterocycles. The minimum atomic E-state index is -0.285. The molecule has 0 saturated carbocycles. The summed E-state index contributed by atoms with van der Waals surface area (Å²) in [6.45, 7) is 2.26. The molecular weight excluding hydrogens is 258 g/mol. The second-order valence-electron chi connectivity index (χ2n) is 4.39. The third kappa shape index (κ3) is 3.83. The van der Waals surface area contributed by atoms with E-state index in [1.807, 2.05) is 42.6 Å². The standard InChI is InChI=1S/C15H17NO2S/c1-11(12-4-2-5-13(16)10-12)15(17)18-8-7-14-6-3-9-19-14/h2-6,9-11H,7-8,16H2,1H3. The lowest BCUT2D eigenvalue weighted by Gasteiger charge is -2.12. The number of benzene rings is 1. The first-order valence-electron chi connectivity index (χ1n) is 6.21. The van der Waals surface area contributed by atoms with Crippen molar-refractivity contribution >= 4 is 23.0 Å². The van der Waals surface area contributed by atoms with Crippen LogP contribution in [0.1, 0.15) is 23.3 Å². The van der Waals surface area contributed by atoms with Gasteiger partial charge in [-0.1, -0.05) is 18.2 Å². The van der Waals surface area contributed by atoms with Crippen molar-refractivity contribution < 1.29 is 9.53 Å². The van der Waals surface area contributed by atoms with Gasteiger partial charge in [0.05, 0.1) is 12.5 Å². The van der Waals surface area contributed by atoms with E-state index in [1.54, 1.807) is 17.4 Å². The molecule has 0 spiro atoms. The maximum absolute atomic E-state index is 11.9. The molecule has 0 aliphatic heterocycles. The number of nitrogens with two attached hydrogens (primary N) is 1. The minimum Gasteiger partial charge on any atom is -0.465 e. The fraction of sp³-hybridized carbons (Fsp3) is 0.267. The number of anilines is 1. The number of carbonyl (C=O) groups excluding carboxylic acids is 1. The number of nitrogen functional groups attached to an aromatic ring is 1. The molecule has 2 N–H and O–H groups in total. The van der Waals surface area contributed by atoms with Crippen LogP contribution in [0.3, 0.4) is 0 Å². The molecule has 0 radical (unpaired) electrons. The summed E-state index contributed by atoms with van der Waals surface area (Å²) in [6.07, 6.45) is 0.771. The zero-order valence-electron chi connectivity index (χ0n) is 10.8. The quantitative estimate of drug-likeness (QED) is 0.673. The van der Waals surface area contributed by atoms with Gasteiger partial charge < -0.3 is 10.5 Å². The predicted molar refractivity (Wildman–Crippen MR) is 78.3 cm³/mol. The summed E-state index contributed by atoms with van der Waals surface area (Å²) in [6, 6.07) is 11.4. The first-order chi connectivity index (χ1) is 9.16. The summed E-state index contributed by atoms with van der Waals surface area (Å²) < 4.78 is 5.30. The highest BCUT2D eigenvalue weighted by molar-refractivity contribution is 7.09. The third-order valence-electron chi connectivity index (χ3n) is 2.94. The Morgan fingerprint density at radius 3 is 2.89 bits per heavy atom. The lowest BCUT2D eigenvalue weighted by molar-refractivity contribution is -0.144. The van der Waals surface area contributed by atoms with Crippen LogP contribution in [0.4, 0.5) is 5.69 Å². The topological polar surface area (TPSA) is 52.3 Å². The van der Waals surface area contributed by atoms with Gasteiger partial charge in [0.25, 0.3) is 0 Å². The average Bonchev–Trinajstić information content (AvgIpc) is 2.91. The van der Waals surface area contributed by atoms with E-state index < -0.39 is 0 Å². The van der Waals surface area contributed by atoms with E-state index >= 15 is 0 Å². The molecular formula is C15H17NO2S. The van der Waals surface area contributed by atoms with Crippen LogP contribution < -0.4 is 5.73 Å². The summed E-state index contributed by atoms with van der Waals surface area (Å²) in [5.41, 5.74) is 7.26. The molecule has 1 unspecified atom stereocenters. The molecule has 4 heteroatoms.